The van der Waals surface area contributed by atoms with Crippen molar-refractivity contribution in [2.45, 2.75) is 89.4 Å². The molecule has 0 heterocycles. The largest absolute Gasteiger partial charge is 0.341 e. The van der Waals surface area contributed by atoms with Crippen molar-refractivity contribution in [1.82, 2.24) is 0 Å². The van der Waals surface area contributed by atoms with Crippen LogP contribution in [0.5, 0.6) is 0 Å². The topological polar surface area (TPSA) is 3.24 Å². The highest BCUT2D eigenvalue weighted by Gasteiger charge is 2.38. The summed E-state index contributed by atoms with van der Waals surface area (Å²) in [7, 11) is 0. The Labute approximate surface area is 241 Å². The summed E-state index contributed by atoms with van der Waals surface area (Å²) in [5.41, 5.74) is 14.7. The zero-order chi connectivity index (χ0) is 27.3. The smallest absolute Gasteiger partial charge is 0.0452 e. The summed E-state index contributed by atoms with van der Waals surface area (Å²) in [5, 5.41) is 0. The molecule has 0 atom stereocenters. The highest BCUT2D eigenvalue weighted by molar-refractivity contribution is 5.86. The number of rotatable bonds is 6. The van der Waals surface area contributed by atoms with E-state index in [2.05, 4.69) is 111 Å². The first-order chi connectivity index (χ1) is 19.6. The van der Waals surface area contributed by atoms with Crippen LogP contribution in [0.2, 0.25) is 0 Å². The fourth-order valence-electron chi connectivity index (χ4n) is 8.32. The maximum atomic E-state index is 2.70. The van der Waals surface area contributed by atoms with Gasteiger partial charge in [-0.2, -0.15) is 0 Å². The molecule has 2 fully saturated rings. The van der Waals surface area contributed by atoms with Crippen molar-refractivity contribution >= 4 is 11.4 Å². The Kier molecular flexibility index (Phi) is 6.57. The standard InChI is InChI=1S/C39H43N/c1-4-40(36-24-14-22-30(27-15-6-5-7-16-27)38(36)29-19-10-11-20-29)37-26-35-33(25-32(37)28-17-8-9-18-28)31-21-12-13-23-34(31)39(35,2)3/h5-7,12-16,21-26,28-29H,4,8-11,17-20H2,1-3H3. The van der Waals surface area contributed by atoms with Gasteiger partial charge in [0.05, 0.1) is 0 Å². The van der Waals surface area contributed by atoms with Crippen LogP contribution in [0.15, 0.2) is 84.9 Å². The van der Waals surface area contributed by atoms with E-state index in [0.717, 1.165) is 6.54 Å². The van der Waals surface area contributed by atoms with Crippen LogP contribution in [0.4, 0.5) is 11.4 Å². The van der Waals surface area contributed by atoms with Crippen LogP contribution >= 0.6 is 0 Å². The van der Waals surface area contributed by atoms with Crippen LogP contribution in [0.1, 0.15) is 106 Å². The van der Waals surface area contributed by atoms with Crippen molar-refractivity contribution < 1.29 is 0 Å². The molecule has 1 nitrogen and oxygen atoms in total. The van der Waals surface area contributed by atoms with Gasteiger partial charge in [-0.05, 0) is 107 Å². The number of hydrogen-bond acceptors (Lipinski definition) is 1. The third-order valence-corrected chi connectivity index (χ3v) is 10.4. The lowest BCUT2D eigenvalue weighted by molar-refractivity contribution is 0.658. The van der Waals surface area contributed by atoms with E-state index in [1.54, 1.807) is 11.1 Å². The fraction of sp³-hybridized carbons (Fsp3) is 0.385. The second-order valence-electron chi connectivity index (χ2n) is 12.9. The van der Waals surface area contributed by atoms with Crippen LogP contribution in [0, 0.1) is 0 Å². The summed E-state index contributed by atoms with van der Waals surface area (Å²) in [4.78, 5) is 2.70. The van der Waals surface area contributed by atoms with Gasteiger partial charge in [0.2, 0.25) is 0 Å². The molecule has 0 spiro atoms. The minimum absolute atomic E-state index is 0.00840. The molecule has 3 aliphatic rings. The first-order valence-corrected chi connectivity index (χ1v) is 15.8. The van der Waals surface area contributed by atoms with E-state index in [0.29, 0.717) is 11.8 Å². The average molecular weight is 526 g/mol. The number of nitrogens with zero attached hydrogens (tertiary/aromatic N) is 1. The van der Waals surface area contributed by atoms with E-state index in [9.17, 15) is 0 Å². The van der Waals surface area contributed by atoms with Crippen LogP contribution in [-0.4, -0.2) is 6.54 Å². The van der Waals surface area contributed by atoms with Crippen molar-refractivity contribution in [2.75, 3.05) is 11.4 Å². The molecule has 0 saturated heterocycles. The van der Waals surface area contributed by atoms with E-state index in [4.69, 9.17) is 0 Å². The van der Waals surface area contributed by atoms with Gasteiger partial charge in [0.25, 0.3) is 0 Å². The molecule has 0 N–H and O–H groups in total. The van der Waals surface area contributed by atoms with Crippen LogP contribution in [0.25, 0.3) is 22.3 Å². The highest BCUT2D eigenvalue weighted by atomic mass is 15.1. The zero-order valence-electron chi connectivity index (χ0n) is 24.5. The Morgan fingerprint density at radius 1 is 0.625 bits per heavy atom. The molecule has 4 aromatic rings. The monoisotopic (exact) mass is 525 g/mol. The van der Waals surface area contributed by atoms with Crippen molar-refractivity contribution in [3.63, 3.8) is 0 Å². The minimum Gasteiger partial charge on any atom is -0.341 e. The van der Waals surface area contributed by atoms with E-state index < -0.39 is 0 Å². The SMILES string of the molecule is CCN(c1cc2c(cc1C1CCCC1)-c1ccccc1C2(C)C)c1cccc(-c2ccccc2)c1C1CCCC1. The maximum absolute atomic E-state index is 2.70. The molecule has 0 radical (unpaired) electrons. The van der Waals surface area contributed by atoms with Crippen LogP contribution < -0.4 is 4.90 Å². The van der Waals surface area contributed by atoms with Gasteiger partial charge in [-0.25, -0.2) is 0 Å². The Morgan fingerprint density at radius 3 is 2.00 bits per heavy atom. The van der Waals surface area contributed by atoms with Gasteiger partial charge in [-0.1, -0.05) is 106 Å². The normalized spacial score (nSPS) is 18.2. The molecule has 0 aliphatic heterocycles. The zero-order valence-corrected chi connectivity index (χ0v) is 24.5. The third kappa shape index (κ3) is 4.12. The van der Waals surface area contributed by atoms with E-state index in [-0.39, 0.29) is 5.41 Å². The molecule has 40 heavy (non-hydrogen) atoms. The summed E-state index contributed by atoms with van der Waals surface area (Å²) in [6, 6.07) is 32.6. The number of fused-ring (bicyclic) bond motifs is 3. The Bertz CT molecular complexity index is 1520. The maximum Gasteiger partial charge on any atom is 0.0452 e. The first kappa shape index (κ1) is 25.6. The predicted molar refractivity (Wildman–Crippen MR) is 171 cm³/mol. The predicted octanol–water partition coefficient (Wildman–Crippen LogP) is 11.1. The molecule has 204 valence electrons. The first-order valence-electron chi connectivity index (χ1n) is 15.8. The Hall–Kier alpha value is -3.32. The minimum atomic E-state index is 0.00840. The van der Waals surface area contributed by atoms with Gasteiger partial charge in [-0.3, -0.25) is 0 Å². The average Bonchev–Trinajstić information content (AvgIpc) is 3.76. The third-order valence-electron chi connectivity index (χ3n) is 10.4. The van der Waals surface area contributed by atoms with E-state index >= 15 is 0 Å². The van der Waals surface area contributed by atoms with Crippen molar-refractivity contribution in [3.8, 4) is 22.3 Å². The second-order valence-corrected chi connectivity index (χ2v) is 12.9. The number of anilines is 2. The molecular formula is C39H43N. The molecule has 3 aliphatic carbocycles. The lowest BCUT2D eigenvalue weighted by atomic mass is 9.81. The number of benzene rings is 4. The molecule has 0 bridgehead atoms. The molecule has 0 amide bonds. The summed E-state index contributed by atoms with van der Waals surface area (Å²) in [6.07, 6.45) is 10.6. The lowest BCUT2D eigenvalue weighted by Gasteiger charge is -2.34. The van der Waals surface area contributed by atoms with Gasteiger partial charge in [0.15, 0.2) is 0 Å². The summed E-state index contributed by atoms with van der Waals surface area (Å²) < 4.78 is 0. The van der Waals surface area contributed by atoms with Crippen molar-refractivity contribution in [1.29, 1.82) is 0 Å². The molecule has 0 unspecified atom stereocenters. The van der Waals surface area contributed by atoms with Gasteiger partial charge < -0.3 is 4.90 Å². The Morgan fingerprint density at radius 2 is 1.27 bits per heavy atom. The van der Waals surface area contributed by atoms with Crippen molar-refractivity contribution in [3.05, 3.63) is 107 Å². The second kappa shape index (κ2) is 10.3. The highest BCUT2D eigenvalue weighted by Crippen LogP contribution is 2.54. The molecule has 1 heteroatoms. The molecule has 0 aromatic heterocycles. The quantitative estimate of drug-likeness (QED) is 0.242. The van der Waals surface area contributed by atoms with Gasteiger partial charge in [0.1, 0.15) is 0 Å². The summed E-state index contributed by atoms with van der Waals surface area (Å²) >= 11 is 0. The van der Waals surface area contributed by atoms with Crippen LogP contribution in [0.3, 0.4) is 0 Å². The Balaban J connectivity index is 1.45. The molecule has 2 saturated carbocycles. The number of hydrogen-bond donors (Lipinski definition) is 0. The summed E-state index contributed by atoms with van der Waals surface area (Å²) in [5.74, 6) is 1.28. The molecule has 7 rings (SSSR count). The van der Waals surface area contributed by atoms with Crippen molar-refractivity contribution in [2.24, 2.45) is 0 Å². The molecular weight excluding hydrogens is 482 g/mol. The van der Waals surface area contributed by atoms with Crippen LogP contribution in [-0.2, 0) is 5.41 Å². The fourth-order valence-corrected chi connectivity index (χ4v) is 8.32. The van der Waals surface area contributed by atoms with Gasteiger partial charge in [0, 0.05) is 23.3 Å². The lowest BCUT2D eigenvalue weighted by Crippen LogP contribution is -2.22. The van der Waals surface area contributed by atoms with Gasteiger partial charge in [-0.15, -0.1) is 0 Å². The summed E-state index contributed by atoms with van der Waals surface area (Å²) in [6.45, 7) is 8.18. The van der Waals surface area contributed by atoms with E-state index in [1.165, 1.54) is 96.1 Å². The molecule has 4 aromatic carbocycles. The van der Waals surface area contributed by atoms with Gasteiger partial charge >= 0.3 is 0 Å². The van der Waals surface area contributed by atoms with E-state index in [1.807, 2.05) is 0 Å².